The Morgan fingerprint density at radius 2 is 1.83 bits per heavy atom. The maximum absolute atomic E-state index is 14.0. The Hall–Kier alpha value is -2.91. The number of carbonyl (C=O) groups excluding carboxylic acids is 3. The smallest absolute Gasteiger partial charge is 0.247 e. The lowest BCUT2D eigenvalue weighted by Crippen LogP contribution is -2.60. The number of ether oxygens (including phenoxy) is 2. The molecule has 1 aliphatic heterocycles. The highest BCUT2D eigenvalue weighted by molar-refractivity contribution is 5.96. The maximum atomic E-state index is 14.0. The van der Waals surface area contributed by atoms with Gasteiger partial charge >= 0.3 is 0 Å². The summed E-state index contributed by atoms with van der Waals surface area (Å²) < 4.78 is 11.9. The van der Waals surface area contributed by atoms with Crippen molar-refractivity contribution >= 4 is 18.1 Å². The molecular formula is C33H44N2O7. The third-order valence-corrected chi connectivity index (χ3v) is 10.3. The molecule has 1 aromatic carbocycles. The predicted molar refractivity (Wildman–Crippen MR) is 155 cm³/mol. The standard InChI is InChI=1S/C33H44N2O7/c1-18(2)6-27(38)35(17-33-13-19-7-20(14-33)9-21(8-19)15-33)25-12-24(32(40)34-4-5-36)28-23-10-22(16-37)11-26(41-3)30(23)42-31(28)29(25)39/h10-12,16,18-21,25,28-29,31,36,39H,4-9,13-15,17H2,1-3H3,(H,34,40)/t19?,20?,21?,25-,28+,29+,31+,33?/m1/s1. The van der Waals surface area contributed by atoms with Crippen LogP contribution < -0.4 is 14.8 Å². The fraction of sp³-hybridized carbons (Fsp3) is 0.667. The monoisotopic (exact) mass is 580 g/mol. The zero-order valence-electron chi connectivity index (χ0n) is 24.9. The van der Waals surface area contributed by atoms with Gasteiger partial charge in [0, 0.05) is 36.2 Å². The Labute approximate surface area is 247 Å². The number of nitrogens with zero attached hydrogens (tertiary/aromatic N) is 1. The van der Waals surface area contributed by atoms with Gasteiger partial charge in [-0.15, -0.1) is 0 Å². The molecule has 4 atom stereocenters. The van der Waals surface area contributed by atoms with Crippen molar-refractivity contribution in [2.45, 2.75) is 83.0 Å². The van der Waals surface area contributed by atoms with Gasteiger partial charge in [-0.25, -0.2) is 0 Å². The second-order valence-corrected chi connectivity index (χ2v) is 13.9. The van der Waals surface area contributed by atoms with Crippen molar-refractivity contribution in [1.82, 2.24) is 10.2 Å². The summed E-state index contributed by atoms with van der Waals surface area (Å²) in [6.07, 6.45) is 8.06. The van der Waals surface area contributed by atoms with Gasteiger partial charge in [-0.05, 0) is 85.8 Å². The van der Waals surface area contributed by atoms with E-state index >= 15 is 0 Å². The third-order valence-electron chi connectivity index (χ3n) is 10.3. The van der Waals surface area contributed by atoms with Crippen LogP contribution in [0.5, 0.6) is 11.5 Å². The number of aliphatic hydroxyl groups is 2. The molecule has 0 radical (unpaired) electrons. The molecule has 0 saturated heterocycles. The predicted octanol–water partition coefficient (Wildman–Crippen LogP) is 3.22. The maximum Gasteiger partial charge on any atom is 0.247 e. The molecule has 5 aliphatic carbocycles. The summed E-state index contributed by atoms with van der Waals surface area (Å²) in [5.41, 5.74) is 1.36. The summed E-state index contributed by atoms with van der Waals surface area (Å²) >= 11 is 0. The largest absolute Gasteiger partial charge is 0.493 e. The fourth-order valence-electron chi connectivity index (χ4n) is 9.23. The van der Waals surface area contributed by atoms with E-state index in [4.69, 9.17) is 9.47 Å². The molecule has 0 unspecified atom stereocenters. The average molecular weight is 581 g/mol. The normalized spacial score (nSPS) is 33.9. The number of nitrogens with one attached hydrogen (secondary N) is 1. The molecule has 9 nitrogen and oxygen atoms in total. The molecule has 4 fully saturated rings. The second kappa shape index (κ2) is 11.3. The summed E-state index contributed by atoms with van der Waals surface area (Å²) in [7, 11) is 1.48. The van der Waals surface area contributed by atoms with E-state index in [1.807, 2.05) is 18.7 Å². The van der Waals surface area contributed by atoms with Crippen molar-refractivity contribution in [2.24, 2.45) is 29.1 Å². The number of aldehydes is 1. The van der Waals surface area contributed by atoms with Gasteiger partial charge in [-0.2, -0.15) is 0 Å². The highest BCUT2D eigenvalue weighted by Gasteiger charge is 2.55. The number of fused-ring (bicyclic) bond motifs is 3. The quantitative estimate of drug-likeness (QED) is 0.363. The third kappa shape index (κ3) is 5.12. The van der Waals surface area contributed by atoms with Gasteiger partial charge in [-0.3, -0.25) is 14.4 Å². The topological polar surface area (TPSA) is 125 Å². The molecule has 9 heteroatoms. The van der Waals surface area contributed by atoms with Crippen LogP contribution in [0.1, 0.15) is 80.6 Å². The van der Waals surface area contributed by atoms with Gasteiger partial charge in [0.15, 0.2) is 11.5 Å². The molecule has 0 aromatic heterocycles. The molecule has 1 heterocycles. The van der Waals surface area contributed by atoms with Crippen LogP contribution in [0.25, 0.3) is 0 Å². The summed E-state index contributed by atoms with van der Waals surface area (Å²) in [6, 6.07) is 2.49. The molecule has 228 valence electrons. The SMILES string of the molecule is COc1cc(C=O)cc2c1O[C@@H]1[C@@H](O)[C@H](N(CC34CC5CC(CC(C5)C3)C4)C(=O)CC(C)C)C=C(C(=O)NCCO)[C@H]21. The Kier molecular flexibility index (Phi) is 7.85. The van der Waals surface area contributed by atoms with E-state index in [0.717, 1.165) is 19.3 Å². The first-order valence-corrected chi connectivity index (χ1v) is 15.6. The van der Waals surface area contributed by atoms with E-state index in [-0.39, 0.29) is 30.4 Å². The summed E-state index contributed by atoms with van der Waals surface area (Å²) in [5, 5.41) is 24.2. The minimum Gasteiger partial charge on any atom is -0.493 e. The number of hydrogen-bond donors (Lipinski definition) is 3. The number of benzene rings is 1. The Bertz CT molecular complexity index is 1240. The second-order valence-electron chi connectivity index (χ2n) is 13.9. The Morgan fingerprint density at radius 1 is 1.17 bits per heavy atom. The molecule has 7 rings (SSSR count). The van der Waals surface area contributed by atoms with Crippen LogP contribution in [0.4, 0.5) is 0 Å². The van der Waals surface area contributed by atoms with Crippen LogP contribution in [0, 0.1) is 29.1 Å². The summed E-state index contributed by atoms with van der Waals surface area (Å²) in [5.74, 6) is 1.92. The van der Waals surface area contributed by atoms with Crippen LogP contribution in [-0.2, 0) is 9.59 Å². The molecule has 42 heavy (non-hydrogen) atoms. The van der Waals surface area contributed by atoms with Gasteiger partial charge in [0.2, 0.25) is 11.8 Å². The molecule has 6 aliphatic rings. The lowest BCUT2D eigenvalue weighted by atomic mass is 9.49. The van der Waals surface area contributed by atoms with Gasteiger partial charge < -0.3 is 29.9 Å². The van der Waals surface area contributed by atoms with Gasteiger partial charge in [0.1, 0.15) is 18.5 Å². The van der Waals surface area contributed by atoms with Crippen molar-refractivity contribution in [2.75, 3.05) is 26.8 Å². The molecule has 4 saturated carbocycles. The molecule has 3 N–H and O–H groups in total. The molecular weight excluding hydrogens is 536 g/mol. The number of aliphatic hydroxyl groups excluding tert-OH is 2. The number of amides is 2. The van der Waals surface area contributed by atoms with E-state index in [2.05, 4.69) is 5.32 Å². The first-order chi connectivity index (χ1) is 20.1. The van der Waals surface area contributed by atoms with Crippen molar-refractivity contribution in [3.05, 3.63) is 34.9 Å². The summed E-state index contributed by atoms with van der Waals surface area (Å²) in [6.45, 7) is 4.45. The first kappa shape index (κ1) is 29.2. The number of hydrogen-bond acceptors (Lipinski definition) is 7. The first-order valence-electron chi connectivity index (χ1n) is 15.6. The average Bonchev–Trinajstić information content (AvgIpc) is 3.33. The van der Waals surface area contributed by atoms with Crippen molar-refractivity contribution in [1.29, 1.82) is 0 Å². The van der Waals surface area contributed by atoms with Crippen LogP contribution in [0.15, 0.2) is 23.8 Å². The highest BCUT2D eigenvalue weighted by atomic mass is 16.5. The fourth-order valence-corrected chi connectivity index (χ4v) is 9.23. The molecule has 0 spiro atoms. The Morgan fingerprint density at radius 3 is 2.40 bits per heavy atom. The van der Waals surface area contributed by atoms with Crippen molar-refractivity contribution in [3.8, 4) is 11.5 Å². The number of rotatable bonds is 10. The lowest BCUT2D eigenvalue weighted by Gasteiger charge is -2.58. The zero-order valence-corrected chi connectivity index (χ0v) is 24.9. The highest BCUT2D eigenvalue weighted by Crippen LogP contribution is 2.60. The van der Waals surface area contributed by atoms with Crippen LogP contribution in [0.2, 0.25) is 0 Å². The minimum absolute atomic E-state index is 0.0223. The van der Waals surface area contributed by atoms with Gasteiger partial charge in [0.05, 0.1) is 25.7 Å². The van der Waals surface area contributed by atoms with Crippen molar-refractivity contribution < 1.29 is 34.1 Å². The van der Waals surface area contributed by atoms with Crippen LogP contribution in [-0.4, -0.2) is 78.3 Å². The molecule has 4 bridgehead atoms. The molecule has 1 aromatic rings. The van der Waals surface area contributed by atoms with E-state index < -0.39 is 30.1 Å². The van der Waals surface area contributed by atoms with Crippen LogP contribution in [0.3, 0.4) is 0 Å². The minimum atomic E-state index is -1.11. The lowest BCUT2D eigenvalue weighted by molar-refractivity contribution is -0.145. The summed E-state index contributed by atoms with van der Waals surface area (Å²) in [4.78, 5) is 41.2. The van der Waals surface area contributed by atoms with E-state index in [1.165, 1.54) is 26.4 Å². The molecule has 2 amide bonds. The number of carbonyl (C=O) groups is 3. The number of methoxy groups -OCH3 is 1. The zero-order chi connectivity index (χ0) is 29.8. The van der Waals surface area contributed by atoms with E-state index in [0.29, 0.717) is 65.2 Å². The van der Waals surface area contributed by atoms with Crippen molar-refractivity contribution in [3.63, 3.8) is 0 Å². The van der Waals surface area contributed by atoms with Crippen LogP contribution >= 0.6 is 0 Å². The van der Waals surface area contributed by atoms with E-state index in [1.54, 1.807) is 18.2 Å². The Balaban J connectivity index is 1.41. The van der Waals surface area contributed by atoms with Gasteiger partial charge in [0.25, 0.3) is 0 Å². The van der Waals surface area contributed by atoms with E-state index in [9.17, 15) is 24.6 Å². The van der Waals surface area contributed by atoms with Gasteiger partial charge in [-0.1, -0.05) is 13.8 Å².